The lowest BCUT2D eigenvalue weighted by Crippen LogP contribution is -2.37. The molecule has 0 N–H and O–H groups in total. The first kappa shape index (κ1) is 17.7. The quantitative estimate of drug-likeness (QED) is 0.369. The summed E-state index contributed by atoms with van der Waals surface area (Å²) in [5.74, 6) is -0.670. The molecule has 0 unspecified atom stereocenters. The molecule has 4 nitrogen and oxygen atoms in total. The maximum absolute atomic E-state index is 12.8. The second-order valence-corrected chi connectivity index (χ2v) is 8.45. The SMILES string of the molecule is O=C1Oc2ccc(Br)cc2-c2cc(Br)ccc2OC(=O)[C@H]2CCCC[C@H]12. The highest BCUT2D eigenvalue weighted by Crippen LogP contribution is 2.42. The molecule has 0 aromatic heterocycles. The van der Waals surface area contributed by atoms with E-state index in [1.54, 1.807) is 12.1 Å². The van der Waals surface area contributed by atoms with E-state index < -0.39 is 11.8 Å². The van der Waals surface area contributed by atoms with E-state index in [2.05, 4.69) is 31.9 Å². The average molecular weight is 480 g/mol. The van der Waals surface area contributed by atoms with Crippen molar-refractivity contribution >= 4 is 43.8 Å². The van der Waals surface area contributed by atoms with Crippen LogP contribution in [0.15, 0.2) is 45.3 Å². The maximum Gasteiger partial charge on any atom is 0.315 e. The molecule has 2 aromatic rings. The fraction of sp³-hybridized carbons (Fsp3) is 0.300. The van der Waals surface area contributed by atoms with E-state index in [0.29, 0.717) is 35.5 Å². The van der Waals surface area contributed by atoms with E-state index in [1.807, 2.05) is 24.3 Å². The van der Waals surface area contributed by atoms with Gasteiger partial charge in [-0.2, -0.15) is 0 Å². The van der Waals surface area contributed by atoms with Crippen LogP contribution in [0, 0.1) is 11.8 Å². The highest BCUT2D eigenvalue weighted by molar-refractivity contribution is 9.10. The van der Waals surface area contributed by atoms with E-state index in [-0.39, 0.29) is 11.9 Å². The standard InChI is InChI=1S/C20H16Br2O4/c21-11-5-7-17-15(9-11)16-10-12(22)6-8-18(16)26-20(24)14-4-2-1-3-13(14)19(23)25-17/h5-10,13-14H,1-4H2/t13-,14-/m0/s1. The minimum atomic E-state index is -0.454. The van der Waals surface area contributed by atoms with Crippen LogP contribution in [-0.2, 0) is 9.59 Å². The summed E-state index contributed by atoms with van der Waals surface area (Å²) in [7, 11) is 0. The van der Waals surface area contributed by atoms with Gasteiger partial charge < -0.3 is 9.47 Å². The third-order valence-electron chi connectivity index (χ3n) is 4.97. The van der Waals surface area contributed by atoms with Crippen molar-refractivity contribution in [2.45, 2.75) is 25.7 Å². The molecule has 0 saturated heterocycles. The molecule has 0 spiro atoms. The van der Waals surface area contributed by atoms with Crippen LogP contribution in [0.4, 0.5) is 0 Å². The predicted molar refractivity (Wildman–Crippen MR) is 104 cm³/mol. The Balaban J connectivity index is 1.90. The van der Waals surface area contributed by atoms with Gasteiger partial charge in [-0.25, -0.2) is 0 Å². The Kier molecular flexibility index (Phi) is 4.88. The molecule has 0 radical (unpaired) electrons. The van der Waals surface area contributed by atoms with Crippen molar-refractivity contribution in [1.82, 2.24) is 0 Å². The summed E-state index contributed by atoms with van der Waals surface area (Å²) in [5.41, 5.74) is 1.40. The van der Waals surface area contributed by atoms with Crippen molar-refractivity contribution < 1.29 is 19.1 Å². The van der Waals surface area contributed by atoms with E-state index in [9.17, 15) is 9.59 Å². The van der Waals surface area contributed by atoms with Gasteiger partial charge in [0.05, 0.1) is 11.8 Å². The van der Waals surface area contributed by atoms with Gasteiger partial charge in [0, 0.05) is 20.1 Å². The number of ether oxygens (including phenoxy) is 2. The van der Waals surface area contributed by atoms with Gasteiger partial charge in [0.15, 0.2) is 0 Å². The zero-order valence-electron chi connectivity index (χ0n) is 13.8. The summed E-state index contributed by atoms with van der Waals surface area (Å²) in [6, 6.07) is 10.9. The molecule has 134 valence electrons. The van der Waals surface area contributed by atoms with Gasteiger partial charge in [0.2, 0.25) is 0 Å². The van der Waals surface area contributed by atoms with Gasteiger partial charge >= 0.3 is 11.9 Å². The number of fused-ring (bicyclic) bond motifs is 4. The average Bonchev–Trinajstić information content (AvgIpc) is 2.64. The summed E-state index contributed by atoms with van der Waals surface area (Å²) < 4.78 is 13.2. The molecule has 1 heterocycles. The van der Waals surface area contributed by atoms with Crippen LogP contribution in [0.5, 0.6) is 11.5 Å². The molecule has 6 heteroatoms. The van der Waals surface area contributed by atoms with Crippen LogP contribution >= 0.6 is 31.9 Å². The van der Waals surface area contributed by atoms with Gasteiger partial charge in [-0.3, -0.25) is 9.59 Å². The van der Waals surface area contributed by atoms with Crippen molar-refractivity contribution in [2.24, 2.45) is 11.8 Å². The zero-order valence-corrected chi connectivity index (χ0v) is 17.0. The highest BCUT2D eigenvalue weighted by atomic mass is 79.9. The minimum absolute atomic E-state index is 0.353. The largest absolute Gasteiger partial charge is 0.426 e. The minimum Gasteiger partial charge on any atom is -0.426 e. The number of halogens is 2. The number of hydrogen-bond acceptors (Lipinski definition) is 4. The van der Waals surface area contributed by atoms with Crippen LogP contribution in [-0.4, -0.2) is 11.9 Å². The normalized spacial score (nSPS) is 22.4. The number of carbonyl (C=O) groups excluding carboxylic acids is 2. The molecule has 0 amide bonds. The van der Waals surface area contributed by atoms with Crippen LogP contribution in [0.1, 0.15) is 25.7 Å². The van der Waals surface area contributed by atoms with Gasteiger partial charge in [0.25, 0.3) is 0 Å². The van der Waals surface area contributed by atoms with Gasteiger partial charge in [-0.15, -0.1) is 0 Å². The number of carbonyl (C=O) groups is 2. The smallest absolute Gasteiger partial charge is 0.315 e. The first-order valence-electron chi connectivity index (χ1n) is 8.56. The monoisotopic (exact) mass is 478 g/mol. The lowest BCUT2D eigenvalue weighted by molar-refractivity contribution is -0.152. The summed E-state index contributed by atoms with van der Waals surface area (Å²) >= 11 is 6.93. The second-order valence-electron chi connectivity index (χ2n) is 6.62. The fourth-order valence-electron chi connectivity index (χ4n) is 3.67. The second kappa shape index (κ2) is 7.16. The molecule has 1 aliphatic carbocycles. The van der Waals surface area contributed by atoms with Gasteiger partial charge in [0.1, 0.15) is 11.5 Å². The molecular formula is C20H16Br2O4. The Morgan fingerprint density at radius 3 is 1.58 bits per heavy atom. The van der Waals surface area contributed by atoms with E-state index >= 15 is 0 Å². The Labute approximate surface area is 168 Å². The number of rotatable bonds is 0. The van der Waals surface area contributed by atoms with Crippen molar-refractivity contribution in [3.8, 4) is 22.6 Å². The van der Waals surface area contributed by atoms with Gasteiger partial charge in [-0.05, 0) is 49.2 Å². The number of benzene rings is 2. The lowest BCUT2D eigenvalue weighted by atomic mass is 9.79. The van der Waals surface area contributed by atoms with Crippen LogP contribution < -0.4 is 9.47 Å². The van der Waals surface area contributed by atoms with E-state index in [4.69, 9.17) is 9.47 Å². The Hall–Kier alpha value is -1.66. The van der Waals surface area contributed by atoms with Gasteiger partial charge in [-0.1, -0.05) is 44.7 Å². The summed E-state index contributed by atoms with van der Waals surface area (Å²) in [6.45, 7) is 0. The first-order chi connectivity index (χ1) is 12.5. The molecular weight excluding hydrogens is 464 g/mol. The molecule has 4 rings (SSSR count). The summed E-state index contributed by atoms with van der Waals surface area (Å²) in [4.78, 5) is 25.6. The van der Waals surface area contributed by atoms with Crippen molar-refractivity contribution in [2.75, 3.05) is 0 Å². The van der Waals surface area contributed by atoms with E-state index in [1.165, 1.54) is 0 Å². The topological polar surface area (TPSA) is 52.6 Å². The zero-order chi connectivity index (χ0) is 18.3. The molecule has 26 heavy (non-hydrogen) atoms. The Morgan fingerprint density at radius 1 is 0.731 bits per heavy atom. The Bertz CT molecular complexity index is 820. The Morgan fingerprint density at radius 2 is 1.15 bits per heavy atom. The molecule has 1 fully saturated rings. The van der Waals surface area contributed by atoms with Crippen molar-refractivity contribution in [3.05, 3.63) is 45.3 Å². The highest BCUT2D eigenvalue weighted by Gasteiger charge is 2.39. The maximum atomic E-state index is 12.8. The fourth-order valence-corrected chi connectivity index (χ4v) is 4.39. The van der Waals surface area contributed by atoms with Crippen LogP contribution in [0.3, 0.4) is 0 Å². The molecule has 2 aliphatic rings. The first-order valence-corrected chi connectivity index (χ1v) is 10.1. The predicted octanol–water partition coefficient (Wildman–Crippen LogP) is 5.51. The third-order valence-corrected chi connectivity index (χ3v) is 5.95. The van der Waals surface area contributed by atoms with Crippen molar-refractivity contribution in [3.63, 3.8) is 0 Å². The van der Waals surface area contributed by atoms with Crippen molar-refractivity contribution in [1.29, 1.82) is 0 Å². The molecule has 1 aliphatic heterocycles. The molecule has 2 atom stereocenters. The number of esters is 2. The number of hydrogen-bond donors (Lipinski definition) is 0. The third kappa shape index (κ3) is 3.32. The van der Waals surface area contributed by atoms with Crippen LogP contribution in [0.25, 0.3) is 11.1 Å². The van der Waals surface area contributed by atoms with E-state index in [0.717, 1.165) is 21.8 Å². The summed E-state index contributed by atoms with van der Waals surface area (Å²) in [5, 5.41) is 0. The lowest BCUT2D eigenvalue weighted by Gasteiger charge is -2.29. The summed E-state index contributed by atoms with van der Waals surface area (Å²) in [6.07, 6.45) is 3.13. The van der Waals surface area contributed by atoms with Crippen LogP contribution in [0.2, 0.25) is 0 Å². The molecule has 0 bridgehead atoms. The molecule has 1 saturated carbocycles. The molecule has 2 aromatic carbocycles.